The molecule has 0 aliphatic carbocycles. The van der Waals surface area contributed by atoms with Gasteiger partial charge >= 0.3 is 0 Å². The summed E-state index contributed by atoms with van der Waals surface area (Å²) in [6, 6.07) is 5.45. The maximum atomic E-state index is 10.7. The molecule has 0 N–H and O–H groups in total. The Labute approximate surface area is 67.4 Å². The van der Waals surface area contributed by atoms with Crippen molar-refractivity contribution in [1.29, 1.82) is 0 Å². The van der Waals surface area contributed by atoms with Gasteiger partial charge in [0.1, 0.15) is 0 Å². The van der Waals surface area contributed by atoms with Crippen molar-refractivity contribution in [3.63, 3.8) is 0 Å². The molecule has 0 aliphatic rings. The molecule has 0 radical (unpaired) electrons. The molecule has 2 nitrogen and oxygen atoms in total. The molecule has 1 rings (SSSR count). The van der Waals surface area contributed by atoms with Crippen LogP contribution in [0, 0.1) is 13.8 Å². The lowest BCUT2D eigenvalue weighted by atomic mass is 10.2. The van der Waals surface area contributed by atoms with Gasteiger partial charge in [0, 0.05) is 0 Å². The van der Waals surface area contributed by atoms with Gasteiger partial charge in [0.2, 0.25) is 0 Å². The van der Waals surface area contributed by atoms with E-state index in [-0.39, 0.29) is 0 Å². The molecule has 0 saturated carbocycles. The zero-order chi connectivity index (χ0) is 8.43. The van der Waals surface area contributed by atoms with Crippen molar-refractivity contribution in [2.75, 3.05) is 0 Å². The summed E-state index contributed by atoms with van der Waals surface area (Å²) >= 11 is 0. The van der Waals surface area contributed by atoms with Crippen molar-refractivity contribution >= 4 is 13.7 Å². The van der Waals surface area contributed by atoms with Crippen LogP contribution in [0.2, 0.25) is 0 Å². The minimum absolute atomic E-state index is 0.461. The highest BCUT2D eigenvalue weighted by molar-refractivity contribution is 7.51. The largest absolute Gasteiger partial charge is 0.838 e. The maximum absolute atomic E-state index is 10.7. The zero-order valence-electron chi connectivity index (χ0n) is 6.50. The lowest BCUT2D eigenvalue weighted by Crippen LogP contribution is -2.23. The third-order valence-corrected chi connectivity index (χ3v) is 2.69. The summed E-state index contributed by atoms with van der Waals surface area (Å²) in [7, 11) is -2.44. The minimum Gasteiger partial charge on any atom is -0.838 e. The van der Waals surface area contributed by atoms with E-state index in [9.17, 15) is 9.79 Å². The molecule has 60 valence electrons. The Morgan fingerprint density at radius 1 is 1.09 bits per heavy atom. The van der Waals surface area contributed by atoms with Crippen LogP contribution in [0.1, 0.15) is 11.1 Å². The number of hydrogen-bond acceptors (Lipinski definition) is 2. The molecule has 0 unspecified atom stereocenters. The Kier molecular flexibility index (Phi) is 2.61. The van der Waals surface area contributed by atoms with Crippen LogP contribution in [0.4, 0.5) is 0 Å². The lowest BCUT2D eigenvalue weighted by molar-refractivity contribution is -0.287. The molecule has 0 spiro atoms. The summed E-state index contributed by atoms with van der Waals surface area (Å²) in [6.45, 7) is 3.60. The summed E-state index contributed by atoms with van der Waals surface area (Å²) in [6.07, 6.45) is 0. The molecule has 0 aromatic heterocycles. The summed E-state index contributed by atoms with van der Waals surface area (Å²) in [4.78, 5) is 21.4. The van der Waals surface area contributed by atoms with E-state index < -0.39 is 8.38 Å². The van der Waals surface area contributed by atoms with Gasteiger partial charge in [0.05, 0.1) is 0 Å². The number of benzene rings is 1. The average molecular weight is 168 g/mol. The van der Waals surface area contributed by atoms with Crippen LogP contribution in [0.15, 0.2) is 18.2 Å². The average Bonchev–Trinajstić information content (AvgIpc) is 1.85. The van der Waals surface area contributed by atoms with E-state index in [1.807, 2.05) is 6.07 Å². The van der Waals surface area contributed by atoms with Crippen molar-refractivity contribution in [3.8, 4) is 0 Å². The van der Waals surface area contributed by atoms with E-state index in [0.29, 0.717) is 5.30 Å². The van der Waals surface area contributed by atoms with Gasteiger partial charge in [-0.05, 0) is 25.0 Å². The molecule has 3 heteroatoms. The molecule has 11 heavy (non-hydrogen) atoms. The van der Waals surface area contributed by atoms with Crippen molar-refractivity contribution in [3.05, 3.63) is 29.3 Å². The smallest absolute Gasteiger partial charge is 0.0392 e. The van der Waals surface area contributed by atoms with Crippen LogP contribution < -0.4 is 15.1 Å². The highest BCUT2D eigenvalue weighted by Gasteiger charge is 1.96. The van der Waals surface area contributed by atoms with Crippen molar-refractivity contribution < 1.29 is 9.79 Å². The highest BCUT2D eigenvalue weighted by atomic mass is 31.2. The molecule has 0 bridgehead atoms. The quantitative estimate of drug-likeness (QED) is 0.552. The predicted molar refractivity (Wildman–Crippen MR) is 42.5 cm³/mol. The molecule has 1 aromatic rings. The molecule has 0 aliphatic heterocycles. The van der Waals surface area contributed by atoms with Gasteiger partial charge in [-0.3, -0.25) is 8.38 Å². The highest BCUT2D eigenvalue weighted by Crippen LogP contribution is 2.17. The monoisotopic (exact) mass is 168 g/mol. The second-order valence-electron chi connectivity index (χ2n) is 2.50. The number of rotatable bonds is 1. The SMILES string of the molecule is Cc1cccc(C)c1P([O-])[O-]. The Bertz CT molecular complexity index is 238. The third-order valence-electron chi connectivity index (χ3n) is 1.62. The lowest BCUT2D eigenvalue weighted by Gasteiger charge is -2.34. The zero-order valence-corrected chi connectivity index (χ0v) is 7.39. The van der Waals surface area contributed by atoms with Crippen molar-refractivity contribution in [2.24, 2.45) is 0 Å². The first-order valence-corrected chi connectivity index (χ1v) is 4.51. The van der Waals surface area contributed by atoms with E-state index >= 15 is 0 Å². The second kappa shape index (κ2) is 3.31. The van der Waals surface area contributed by atoms with E-state index in [0.717, 1.165) is 11.1 Å². The fourth-order valence-corrected chi connectivity index (χ4v) is 1.82. The second-order valence-corrected chi connectivity index (χ2v) is 3.46. The van der Waals surface area contributed by atoms with Gasteiger partial charge in [-0.15, -0.1) is 0 Å². The summed E-state index contributed by atoms with van der Waals surface area (Å²) < 4.78 is 0. The first-order chi connectivity index (χ1) is 5.13. The van der Waals surface area contributed by atoms with Crippen LogP contribution >= 0.6 is 8.38 Å². The first-order valence-electron chi connectivity index (χ1n) is 3.33. The molecule has 0 heterocycles. The number of hydrogen-bond donors (Lipinski definition) is 0. The van der Waals surface area contributed by atoms with Crippen LogP contribution in [-0.2, 0) is 0 Å². The molecule has 0 amide bonds. The summed E-state index contributed by atoms with van der Waals surface area (Å²) in [5.74, 6) is 0. The first kappa shape index (κ1) is 8.66. The van der Waals surface area contributed by atoms with Crippen molar-refractivity contribution in [1.82, 2.24) is 0 Å². The molecule has 1 aromatic carbocycles. The van der Waals surface area contributed by atoms with Crippen molar-refractivity contribution in [2.45, 2.75) is 13.8 Å². The standard InChI is InChI=1S/C8H9O2P/c1-6-4-3-5-7(2)8(6)11(9)10/h3-5H,1-2H3/q-2. The fraction of sp³-hybridized carbons (Fsp3) is 0.250. The van der Waals surface area contributed by atoms with Gasteiger partial charge in [-0.2, -0.15) is 0 Å². The Morgan fingerprint density at radius 3 is 1.82 bits per heavy atom. The van der Waals surface area contributed by atoms with Crippen LogP contribution in [-0.4, -0.2) is 0 Å². The Balaban J connectivity index is 3.21. The fourth-order valence-electron chi connectivity index (χ4n) is 1.09. The minimum atomic E-state index is -2.44. The molecular weight excluding hydrogens is 159 g/mol. The summed E-state index contributed by atoms with van der Waals surface area (Å²) in [5, 5.41) is 0.461. The molecule has 0 atom stereocenters. The van der Waals surface area contributed by atoms with Gasteiger partial charge in [0.15, 0.2) is 0 Å². The predicted octanol–water partition coefficient (Wildman–Crippen LogP) is -0.0388. The van der Waals surface area contributed by atoms with E-state index in [4.69, 9.17) is 0 Å². The van der Waals surface area contributed by atoms with Gasteiger partial charge in [-0.25, -0.2) is 0 Å². The van der Waals surface area contributed by atoms with Gasteiger partial charge < -0.3 is 9.79 Å². The maximum Gasteiger partial charge on any atom is -0.0392 e. The summed E-state index contributed by atoms with van der Waals surface area (Å²) in [5.41, 5.74) is 1.64. The normalized spacial score (nSPS) is 10.6. The molecule has 0 fully saturated rings. The van der Waals surface area contributed by atoms with E-state index in [2.05, 4.69) is 0 Å². The van der Waals surface area contributed by atoms with Gasteiger partial charge in [0.25, 0.3) is 0 Å². The Morgan fingerprint density at radius 2 is 1.55 bits per heavy atom. The number of aryl methyl sites for hydroxylation is 2. The van der Waals surface area contributed by atoms with Gasteiger partial charge in [-0.1, -0.05) is 23.5 Å². The van der Waals surface area contributed by atoms with Crippen LogP contribution in [0.25, 0.3) is 0 Å². The molecule has 0 saturated heterocycles. The Hall–Kier alpha value is -0.430. The van der Waals surface area contributed by atoms with E-state index in [1.54, 1.807) is 26.0 Å². The third kappa shape index (κ3) is 1.78. The van der Waals surface area contributed by atoms with E-state index in [1.165, 1.54) is 0 Å². The van der Waals surface area contributed by atoms with Crippen LogP contribution in [0.3, 0.4) is 0 Å². The topological polar surface area (TPSA) is 46.1 Å². The van der Waals surface area contributed by atoms with Crippen LogP contribution in [0.5, 0.6) is 0 Å². The molecular formula is C8H9O2P-2.